The lowest BCUT2D eigenvalue weighted by molar-refractivity contribution is 0.213. The van der Waals surface area contributed by atoms with Crippen LogP contribution in [0.3, 0.4) is 0 Å². The van der Waals surface area contributed by atoms with Crippen LogP contribution in [0.15, 0.2) is 48.5 Å². The molecule has 2 aromatic carbocycles. The molecule has 1 aliphatic rings. The summed E-state index contributed by atoms with van der Waals surface area (Å²) in [6.45, 7) is 1.96. The number of carbonyl (C=O) groups excluding carboxylic acids is 1. The van der Waals surface area contributed by atoms with Gasteiger partial charge >= 0.3 is 5.37 Å². The molecule has 0 bridgehead atoms. The highest BCUT2D eigenvalue weighted by atomic mass is 35.5. The minimum atomic E-state index is -3.41. The smallest absolute Gasteiger partial charge is 0.316 e. The van der Waals surface area contributed by atoms with Crippen molar-refractivity contribution in [2.24, 2.45) is 0 Å². The summed E-state index contributed by atoms with van der Waals surface area (Å²) < 4.78 is 40.3. The van der Waals surface area contributed by atoms with Crippen molar-refractivity contribution < 1.29 is 17.6 Å². The Labute approximate surface area is 169 Å². The van der Waals surface area contributed by atoms with Crippen molar-refractivity contribution in [1.82, 2.24) is 9.62 Å². The zero-order valence-electron chi connectivity index (χ0n) is 15.4. The Hall–Kier alpha value is -1.96. The van der Waals surface area contributed by atoms with Crippen LogP contribution in [-0.2, 0) is 16.4 Å². The Morgan fingerprint density at radius 3 is 2.54 bits per heavy atom. The molecule has 1 saturated heterocycles. The van der Waals surface area contributed by atoms with E-state index in [0.717, 1.165) is 16.7 Å². The van der Waals surface area contributed by atoms with E-state index in [1.165, 1.54) is 17.0 Å². The van der Waals surface area contributed by atoms with Gasteiger partial charge in [0.2, 0.25) is 10.0 Å². The normalized spacial score (nSPS) is 19.8. The van der Waals surface area contributed by atoms with Gasteiger partial charge in [-0.2, -0.15) is 0 Å². The molecule has 3 rings (SSSR count). The van der Waals surface area contributed by atoms with Crippen molar-refractivity contribution in [2.45, 2.75) is 31.8 Å². The molecule has 1 aliphatic heterocycles. The second-order valence-electron chi connectivity index (χ2n) is 6.84. The molecular weight excluding hydrogens is 403 g/mol. The van der Waals surface area contributed by atoms with E-state index < -0.39 is 21.4 Å². The number of hydrogen-bond acceptors (Lipinski definition) is 3. The molecule has 0 aromatic heterocycles. The van der Waals surface area contributed by atoms with Crippen molar-refractivity contribution >= 4 is 27.0 Å². The van der Waals surface area contributed by atoms with E-state index in [4.69, 9.17) is 11.6 Å². The molecule has 2 atom stereocenters. The minimum absolute atomic E-state index is 0.0277. The highest BCUT2D eigenvalue weighted by molar-refractivity contribution is 7.89. The van der Waals surface area contributed by atoms with Crippen LogP contribution >= 0.6 is 11.6 Å². The van der Waals surface area contributed by atoms with Gasteiger partial charge in [0.25, 0.3) is 0 Å². The molecule has 1 fully saturated rings. The van der Waals surface area contributed by atoms with Crippen molar-refractivity contribution in [2.75, 3.05) is 12.3 Å². The van der Waals surface area contributed by atoms with Gasteiger partial charge < -0.3 is 4.90 Å². The van der Waals surface area contributed by atoms with Crippen molar-refractivity contribution in [3.05, 3.63) is 59.9 Å². The third-order valence-corrected chi connectivity index (χ3v) is 6.65. The number of rotatable bonds is 6. The number of likely N-dealkylation sites (tertiary alicyclic amines) is 1. The van der Waals surface area contributed by atoms with Gasteiger partial charge in [-0.1, -0.05) is 36.4 Å². The number of carbonyl (C=O) groups is 1. The lowest BCUT2D eigenvalue weighted by Gasteiger charge is -2.27. The molecule has 0 radical (unpaired) electrons. The van der Waals surface area contributed by atoms with Gasteiger partial charge in [0.15, 0.2) is 0 Å². The summed E-state index contributed by atoms with van der Waals surface area (Å²) >= 11 is 5.73. The number of halogens is 2. The average molecular weight is 425 g/mol. The van der Waals surface area contributed by atoms with E-state index >= 15 is 0 Å². The SMILES string of the molecule is CCS(=O)(=O)N[C@H]1CCN(C(=O)Cl)[C@H]1Cc1cccc(-c2cccc(F)c2)c1. The summed E-state index contributed by atoms with van der Waals surface area (Å²) in [5.41, 5.74) is 2.52. The maximum absolute atomic E-state index is 13.5. The van der Waals surface area contributed by atoms with Gasteiger partial charge in [-0.15, -0.1) is 0 Å². The third kappa shape index (κ3) is 4.90. The number of sulfonamides is 1. The van der Waals surface area contributed by atoms with Crippen LogP contribution in [0.5, 0.6) is 0 Å². The van der Waals surface area contributed by atoms with E-state index in [-0.39, 0.29) is 17.6 Å². The van der Waals surface area contributed by atoms with E-state index in [1.54, 1.807) is 13.0 Å². The molecule has 5 nitrogen and oxygen atoms in total. The summed E-state index contributed by atoms with van der Waals surface area (Å²) in [6.07, 6.45) is 0.949. The summed E-state index contributed by atoms with van der Waals surface area (Å²) in [7, 11) is -3.41. The Balaban J connectivity index is 1.86. The molecule has 28 heavy (non-hydrogen) atoms. The zero-order chi connectivity index (χ0) is 20.3. The van der Waals surface area contributed by atoms with Crippen molar-refractivity contribution in [1.29, 1.82) is 0 Å². The first-order valence-corrected chi connectivity index (χ1v) is 11.1. The molecule has 2 aromatic rings. The quantitative estimate of drug-likeness (QED) is 0.567. The Morgan fingerprint density at radius 1 is 1.21 bits per heavy atom. The predicted molar refractivity (Wildman–Crippen MR) is 108 cm³/mol. The molecule has 1 heterocycles. The van der Waals surface area contributed by atoms with Gasteiger partial charge in [-0.25, -0.2) is 17.5 Å². The van der Waals surface area contributed by atoms with Crippen molar-refractivity contribution in [3.8, 4) is 11.1 Å². The number of hydrogen-bond donors (Lipinski definition) is 1. The summed E-state index contributed by atoms with van der Waals surface area (Å²) in [6, 6.07) is 13.1. The molecular formula is C20H22ClFN2O3S. The van der Waals surface area contributed by atoms with Gasteiger partial charge in [-0.05, 0) is 60.2 Å². The predicted octanol–water partition coefficient (Wildman–Crippen LogP) is 3.78. The number of nitrogens with one attached hydrogen (secondary N) is 1. The first-order chi connectivity index (χ1) is 13.3. The van der Waals surface area contributed by atoms with Gasteiger partial charge in [-0.3, -0.25) is 4.79 Å². The number of nitrogens with zero attached hydrogens (tertiary/aromatic N) is 1. The highest BCUT2D eigenvalue weighted by Gasteiger charge is 2.38. The number of benzene rings is 2. The van der Waals surface area contributed by atoms with Crippen LogP contribution in [0.1, 0.15) is 18.9 Å². The first kappa shape index (κ1) is 20.8. The highest BCUT2D eigenvalue weighted by Crippen LogP contribution is 2.27. The lowest BCUT2D eigenvalue weighted by Crippen LogP contribution is -2.47. The second kappa shape index (κ2) is 8.59. The topological polar surface area (TPSA) is 66.5 Å². The second-order valence-corrected chi connectivity index (χ2v) is 9.21. The molecule has 1 N–H and O–H groups in total. The molecule has 0 unspecified atom stereocenters. The zero-order valence-corrected chi connectivity index (χ0v) is 17.0. The average Bonchev–Trinajstić information content (AvgIpc) is 3.04. The van der Waals surface area contributed by atoms with Crippen LogP contribution in [0.25, 0.3) is 11.1 Å². The molecule has 0 spiro atoms. The summed E-state index contributed by atoms with van der Waals surface area (Å²) in [5.74, 6) is -0.341. The van der Waals surface area contributed by atoms with Gasteiger partial charge in [0.1, 0.15) is 5.82 Å². The summed E-state index contributed by atoms with van der Waals surface area (Å²) in [5, 5.41) is -0.593. The third-order valence-electron chi connectivity index (χ3n) is 5.01. The maximum Gasteiger partial charge on any atom is 0.316 e. The molecule has 0 saturated carbocycles. The van der Waals surface area contributed by atoms with Crippen LogP contribution in [0, 0.1) is 5.82 Å². The molecule has 0 aliphatic carbocycles. The van der Waals surface area contributed by atoms with Gasteiger partial charge in [0, 0.05) is 12.6 Å². The molecule has 150 valence electrons. The Kier molecular flexibility index (Phi) is 6.37. The first-order valence-electron chi connectivity index (χ1n) is 9.10. The van der Waals surface area contributed by atoms with Crippen LogP contribution in [0.2, 0.25) is 0 Å². The maximum atomic E-state index is 13.5. The standard InChI is InChI=1S/C20H22ClFN2O3S/c1-2-28(26,27)23-18-9-10-24(20(21)25)19(18)12-14-5-3-6-15(11-14)16-7-4-8-17(22)13-16/h3-8,11,13,18-19,23H,2,9-10,12H2,1H3/t18-,19-/m0/s1. The van der Waals surface area contributed by atoms with E-state index in [1.807, 2.05) is 30.3 Å². The van der Waals surface area contributed by atoms with Crippen LogP contribution in [-0.4, -0.2) is 43.1 Å². The Morgan fingerprint density at radius 2 is 1.89 bits per heavy atom. The minimum Gasteiger partial charge on any atom is -0.324 e. The van der Waals surface area contributed by atoms with Crippen LogP contribution in [0.4, 0.5) is 9.18 Å². The monoisotopic (exact) mass is 424 g/mol. The lowest BCUT2D eigenvalue weighted by atomic mass is 9.97. The fourth-order valence-corrected chi connectivity index (χ4v) is 4.68. The van der Waals surface area contributed by atoms with E-state index in [9.17, 15) is 17.6 Å². The van der Waals surface area contributed by atoms with Gasteiger partial charge in [0.05, 0.1) is 11.8 Å². The fraction of sp³-hybridized carbons (Fsp3) is 0.350. The fourth-order valence-electron chi connectivity index (χ4n) is 3.56. The van der Waals surface area contributed by atoms with Crippen molar-refractivity contribution in [3.63, 3.8) is 0 Å². The number of amides is 1. The molecule has 8 heteroatoms. The Bertz CT molecular complexity index is 967. The van der Waals surface area contributed by atoms with E-state index in [2.05, 4.69) is 4.72 Å². The summed E-state index contributed by atoms with van der Waals surface area (Å²) in [4.78, 5) is 13.3. The van der Waals surface area contributed by atoms with Crippen LogP contribution < -0.4 is 4.72 Å². The van der Waals surface area contributed by atoms with E-state index in [0.29, 0.717) is 19.4 Å². The molecule has 1 amide bonds. The largest absolute Gasteiger partial charge is 0.324 e.